The first-order valence-electron chi connectivity index (χ1n) is 6.30. The maximum atomic E-state index is 12.2. The summed E-state index contributed by atoms with van der Waals surface area (Å²) >= 11 is 0. The minimum Gasteiger partial charge on any atom is -0.465 e. The van der Waals surface area contributed by atoms with Crippen LogP contribution in [0.25, 0.3) is 0 Å². The predicted molar refractivity (Wildman–Crippen MR) is 70.6 cm³/mol. The molecule has 0 saturated heterocycles. The maximum Gasteiger partial charge on any atom is 0.330 e. The molecule has 7 nitrogen and oxygen atoms in total. The van der Waals surface area contributed by atoms with Crippen molar-refractivity contribution >= 4 is 13.6 Å². The monoisotopic (exact) mass is 297 g/mol. The molecule has 0 aromatic carbocycles. The highest BCUT2D eigenvalue weighted by Gasteiger charge is 2.25. The molecule has 2 unspecified atom stereocenters. The summed E-state index contributed by atoms with van der Waals surface area (Å²) in [5.74, 6) is 4.32. The Bertz CT molecular complexity index is 289. The topological polar surface area (TPSA) is 97.1 Å². The number of nitrogens with two attached hydrogens (primary N) is 1. The fourth-order valence-corrected chi connectivity index (χ4v) is 3.08. The van der Waals surface area contributed by atoms with Crippen LogP contribution in [0.2, 0.25) is 0 Å². The van der Waals surface area contributed by atoms with E-state index in [1.165, 1.54) is 6.92 Å². The Hall–Kier alpha value is -0.460. The average molecular weight is 297 g/mol. The number of carbonyl (C=O) groups excluding carboxylic acids is 1. The van der Waals surface area contributed by atoms with Gasteiger partial charge in [-0.05, 0) is 13.3 Å². The molecule has 0 amide bonds. The highest BCUT2D eigenvalue weighted by Crippen LogP contribution is 2.48. The summed E-state index contributed by atoms with van der Waals surface area (Å²) in [5, 5.41) is 0. The van der Waals surface area contributed by atoms with Gasteiger partial charge in [-0.15, -0.1) is 0 Å². The highest BCUT2D eigenvalue weighted by molar-refractivity contribution is 7.53. The van der Waals surface area contributed by atoms with Crippen LogP contribution < -0.4 is 5.90 Å². The van der Waals surface area contributed by atoms with Crippen LogP contribution in [0.3, 0.4) is 0 Å². The van der Waals surface area contributed by atoms with E-state index in [-0.39, 0.29) is 25.7 Å². The van der Waals surface area contributed by atoms with Gasteiger partial charge in [0.1, 0.15) is 0 Å². The van der Waals surface area contributed by atoms with Gasteiger partial charge in [0.25, 0.3) is 0 Å². The SMILES string of the molecule is CCCP(=O)(OCC)OCC(CON)COC(C)=O. The van der Waals surface area contributed by atoms with E-state index in [4.69, 9.17) is 19.7 Å². The minimum absolute atomic E-state index is 0.0990. The Morgan fingerprint density at radius 1 is 1.21 bits per heavy atom. The zero-order valence-corrected chi connectivity index (χ0v) is 12.7. The molecule has 0 aliphatic carbocycles. The molecule has 0 aliphatic rings. The van der Waals surface area contributed by atoms with Crippen molar-refractivity contribution in [1.82, 2.24) is 0 Å². The Morgan fingerprint density at radius 2 is 1.89 bits per heavy atom. The van der Waals surface area contributed by atoms with Gasteiger partial charge in [-0.2, -0.15) is 0 Å². The van der Waals surface area contributed by atoms with Gasteiger partial charge in [0.15, 0.2) is 0 Å². The summed E-state index contributed by atoms with van der Waals surface area (Å²) in [6.45, 7) is 5.63. The van der Waals surface area contributed by atoms with E-state index in [9.17, 15) is 9.36 Å². The Morgan fingerprint density at radius 3 is 2.37 bits per heavy atom. The fraction of sp³-hybridized carbons (Fsp3) is 0.909. The Balaban J connectivity index is 4.32. The molecule has 0 bridgehead atoms. The lowest BCUT2D eigenvalue weighted by Gasteiger charge is -2.21. The Kier molecular flexibility index (Phi) is 10.1. The fourth-order valence-electron chi connectivity index (χ4n) is 1.37. The molecule has 0 aromatic rings. The van der Waals surface area contributed by atoms with E-state index in [0.29, 0.717) is 19.2 Å². The summed E-state index contributed by atoms with van der Waals surface area (Å²) in [4.78, 5) is 15.3. The van der Waals surface area contributed by atoms with Crippen LogP contribution in [0.15, 0.2) is 0 Å². The molecule has 8 heteroatoms. The summed E-state index contributed by atoms with van der Waals surface area (Å²) < 4.78 is 27.6. The first-order valence-corrected chi connectivity index (χ1v) is 8.03. The van der Waals surface area contributed by atoms with Crippen LogP contribution in [0.4, 0.5) is 0 Å². The second-order valence-corrected chi connectivity index (χ2v) is 6.24. The molecular weight excluding hydrogens is 273 g/mol. The lowest BCUT2D eigenvalue weighted by Crippen LogP contribution is -2.24. The smallest absolute Gasteiger partial charge is 0.330 e. The molecule has 0 spiro atoms. The van der Waals surface area contributed by atoms with Crippen molar-refractivity contribution in [3.05, 3.63) is 0 Å². The largest absolute Gasteiger partial charge is 0.465 e. The number of carbonyl (C=O) groups is 1. The van der Waals surface area contributed by atoms with Crippen molar-refractivity contribution in [3.63, 3.8) is 0 Å². The van der Waals surface area contributed by atoms with E-state index >= 15 is 0 Å². The summed E-state index contributed by atoms with van der Waals surface area (Å²) in [6.07, 6.45) is 1.05. The van der Waals surface area contributed by atoms with E-state index in [1.807, 2.05) is 6.92 Å². The van der Waals surface area contributed by atoms with Crippen molar-refractivity contribution in [2.45, 2.75) is 27.2 Å². The van der Waals surface area contributed by atoms with Gasteiger partial charge in [-0.25, -0.2) is 5.90 Å². The van der Waals surface area contributed by atoms with E-state index in [1.54, 1.807) is 6.92 Å². The summed E-state index contributed by atoms with van der Waals surface area (Å²) in [7, 11) is -3.08. The standard InChI is InChI=1S/C11H24NO6P/c1-4-6-19(14,17-5-2)18-9-11(8-16-12)7-15-10(3)13/h11H,4-9,12H2,1-3H3. The van der Waals surface area contributed by atoms with Crippen molar-refractivity contribution in [2.24, 2.45) is 11.8 Å². The third kappa shape index (κ3) is 9.13. The number of esters is 1. The van der Waals surface area contributed by atoms with Crippen LogP contribution in [-0.4, -0.2) is 38.6 Å². The summed E-state index contributed by atoms with van der Waals surface area (Å²) in [5.41, 5.74) is 0. The van der Waals surface area contributed by atoms with Crippen LogP contribution in [0, 0.1) is 5.92 Å². The van der Waals surface area contributed by atoms with Gasteiger partial charge in [0.2, 0.25) is 0 Å². The highest BCUT2D eigenvalue weighted by atomic mass is 31.2. The van der Waals surface area contributed by atoms with Gasteiger partial charge >= 0.3 is 13.6 Å². The molecule has 0 heterocycles. The molecule has 0 saturated carbocycles. The number of hydrogen-bond donors (Lipinski definition) is 1. The van der Waals surface area contributed by atoms with Crippen molar-refractivity contribution < 1.29 is 28.0 Å². The molecule has 2 atom stereocenters. The molecular formula is C11H24NO6P. The van der Waals surface area contributed by atoms with Crippen LogP contribution in [0.5, 0.6) is 0 Å². The summed E-state index contributed by atoms with van der Waals surface area (Å²) in [6, 6.07) is 0. The van der Waals surface area contributed by atoms with Crippen molar-refractivity contribution in [2.75, 3.05) is 32.6 Å². The quantitative estimate of drug-likeness (QED) is 0.352. The van der Waals surface area contributed by atoms with Gasteiger partial charge in [-0.3, -0.25) is 9.36 Å². The molecule has 0 rings (SSSR count). The number of hydrogen-bond acceptors (Lipinski definition) is 7. The van der Waals surface area contributed by atoms with Gasteiger partial charge in [-0.1, -0.05) is 6.92 Å². The van der Waals surface area contributed by atoms with Gasteiger partial charge < -0.3 is 18.6 Å². The Labute approximate surface area is 114 Å². The van der Waals surface area contributed by atoms with Crippen molar-refractivity contribution in [3.8, 4) is 0 Å². The number of ether oxygens (including phenoxy) is 1. The predicted octanol–water partition coefficient (Wildman–Crippen LogP) is 1.71. The van der Waals surface area contributed by atoms with Crippen LogP contribution in [-0.2, 0) is 28.0 Å². The third-order valence-corrected chi connectivity index (χ3v) is 4.37. The second-order valence-electron chi connectivity index (χ2n) is 4.05. The first-order chi connectivity index (χ1) is 8.97. The minimum atomic E-state index is -3.08. The molecule has 2 N–H and O–H groups in total. The molecule has 114 valence electrons. The molecule has 0 aromatic heterocycles. The molecule has 0 aliphatic heterocycles. The average Bonchev–Trinajstić information content (AvgIpc) is 2.33. The molecule has 0 radical (unpaired) electrons. The lowest BCUT2D eigenvalue weighted by molar-refractivity contribution is -0.143. The van der Waals surface area contributed by atoms with E-state index in [2.05, 4.69) is 4.84 Å². The lowest BCUT2D eigenvalue weighted by atomic mass is 10.2. The van der Waals surface area contributed by atoms with Gasteiger partial charge in [0, 0.05) is 19.0 Å². The van der Waals surface area contributed by atoms with Crippen molar-refractivity contribution in [1.29, 1.82) is 0 Å². The van der Waals surface area contributed by atoms with Crippen LogP contribution >= 0.6 is 7.60 Å². The zero-order chi connectivity index (χ0) is 14.7. The second kappa shape index (κ2) is 10.3. The first kappa shape index (κ1) is 18.5. The van der Waals surface area contributed by atoms with Gasteiger partial charge in [0.05, 0.1) is 26.4 Å². The zero-order valence-electron chi connectivity index (χ0n) is 11.8. The normalized spacial score (nSPS) is 15.8. The van der Waals surface area contributed by atoms with E-state index < -0.39 is 13.6 Å². The molecule has 19 heavy (non-hydrogen) atoms. The van der Waals surface area contributed by atoms with E-state index in [0.717, 1.165) is 0 Å². The van der Waals surface area contributed by atoms with Crippen LogP contribution in [0.1, 0.15) is 27.2 Å². The number of rotatable bonds is 11. The third-order valence-electron chi connectivity index (χ3n) is 2.18. The molecule has 0 fully saturated rings. The maximum absolute atomic E-state index is 12.2.